The Bertz CT molecular complexity index is 139. The molecule has 72 valence electrons. The SMILES string of the molecule is CC/C=C(\N)C(=O)O.CCCC. The van der Waals surface area contributed by atoms with Crippen molar-refractivity contribution in [2.45, 2.75) is 40.0 Å². The minimum absolute atomic E-state index is 0.0764. The van der Waals surface area contributed by atoms with E-state index in [1.807, 2.05) is 6.92 Å². The summed E-state index contributed by atoms with van der Waals surface area (Å²) in [6, 6.07) is 0. The van der Waals surface area contributed by atoms with E-state index >= 15 is 0 Å². The highest BCUT2D eigenvalue weighted by Gasteiger charge is 1.96. The van der Waals surface area contributed by atoms with Gasteiger partial charge in [-0.25, -0.2) is 4.79 Å². The first-order valence-corrected chi connectivity index (χ1v) is 4.28. The number of carbonyl (C=O) groups is 1. The lowest BCUT2D eigenvalue weighted by atomic mass is 10.3. The molecule has 0 aliphatic rings. The van der Waals surface area contributed by atoms with Crippen molar-refractivity contribution in [3.8, 4) is 0 Å². The van der Waals surface area contributed by atoms with Crippen LogP contribution in [0.4, 0.5) is 0 Å². The fourth-order valence-electron chi connectivity index (χ4n) is 0.307. The van der Waals surface area contributed by atoms with Gasteiger partial charge >= 0.3 is 5.97 Å². The van der Waals surface area contributed by atoms with Crippen LogP contribution in [0.5, 0.6) is 0 Å². The predicted molar refractivity (Wildman–Crippen MR) is 50.8 cm³/mol. The van der Waals surface area contributed by atoms with E-state index in [-0.39, 0.29) is 5.70 Å². The van der Waals surface area contributed by atoms with E-state index in [9.17, 15) is 4.79 Å². The zero-order chi connectivity index (χ0) is 9.98. The van der Waals surface area contributed by atoms with Crippen LogP contribution in [0.1, 0.15) is 40.0 Å². The van der Waals surface area contributed by atoms with Crippen LogP contribution in [0.15, 0.2) is 11.8 Å². The van der Waals surface area contributed by atoms with Gasteiger partial charge in [0.15, 0.2) is 0 Å². The highest BCUT2D eigenvalue weighted by molar-refractivity contribution is 5.85. The summed E-state index contributed by atoms with van der Waals surface area (Å²) < 4.78 is 0. The Morgan fingerprint density at radius 1 is 1.33 bits per heavy atom. The molecule has 0 aromatic rings. The molecule has 0 aromatic carbocycles. The third-order valence-electron chi connectivity index (χ3n) is 1.17. The second-order valence-corrected chi connectivity index (χ2v) is 2.37. The lowest BCUT2D eigenvalue weighted by Crippen LogP contribution is -2.09. The highest BCUT2D eigenvalue weighted by Crippen LogP contribution is 1.85. The van der Waals surface area contributed by atoms with Crippen molar-refractivity contribution in [2.75, 3.05) is 0 Å². The van der Waals surface area contributed by atoms with Crippen LogP contribution in [-0.4, -0.2) is 11.1 Å². The number of aliphatic carboxylic acids is 1. The average molecular weight is 173 g/mol. The molecule has 0 saturated carbocycles. The van der Waals surface area contributed by atoms with Crippen LogP contribution in [0.2, 0.25) is 0 Å². The van der Waals surface area contributed by atoms with Crippen LogP contribution in [0.25, 0.3) is 0 Å². The van der Waals surface area contributed by atoms with Crippen molar-refractivity contribution in [1.29, 1.82) is 0 Å². The van der Waals surface area contributed by atoms with Gasteiger partial charge < -0.3 is 10.8 Å². The maximum absolute atomic E-state index is 9.90. The van der Waals surface area contributed by atoms with E-state index < -0.39 is 5.97 Å². The number of hydrogen-bond acceptors (Lipinski definition) is 2. The maximum Gasteiger partial charge on any atom is 0.351 e. The van der Waals surface area contributed by atoms with Crippen molar-refractivity contribution in [2.24, 2.45) is 5.73 Å². The van der Waals surface area contributed by atoms with Gasteiger partial charge in [-0.05, 0) is 6.42 Å². The molecule has 0 fully saturated rings. The van der Waals surface area contributed by atoms with Gasteiger partial charge in [0.05, 0.1) is 0 Å². The molecule has 0 aliphatic heterocycles. The van der Waals surface area contributed by atoms with E-state index in [1.54, 1.807) is 0 Å². The molecule has 3 N–H and O–H groups in total. The zero-order valence-corrected chi connectivity index (χ0v) is 8.13. The number of nitrogens with two attached hydrogens (primary N) is 1. The Hall–Kier alpha value is -0.990. The number of rotatable bonds is 3. The molecule has 0 unspecified atom stereocenters. The summed E-state index contributed by atoms with van der Waals surface area (Å²) in [5, 5.41) is 8.12. The number of unbranched alkanes of at least 4 members (excludes halogenated alkanes) is 1. The Balaban J connectivity index is 0. The lowest BCUT2D eigenvalue weighted by Gasteiger charge is -1.87. The number of hydrogen-bond donors (Lipinski definition) is 2. The standard InChI is InChI=1S/C5H9NO2.C4H10/c1-2-3-4(6)5(7)8;1-3-4-2/h3H,2,6H2,1H3,(H,7,8);3-4H2,1-2H3/b4-3-;. The summed E-state index contributed by atoms with van der Waals surface area (Å²) in [7, 11) is 0. The largest absolute Gasteiger partial charge is 0.477 e. The molecule has 12 heavy (non-hydrogen) atoms. The van der Waals surface area contributed by atoms with E-state index in [4.69, 9.17) is 10.8 Å². The van der Waals surface area contributed by atoms with E-state index in [1.165, 1.54) is 18.9 Å². The van der Waals surface area contributed by atoms with Gasteiger partial charge in [-0.1, -0.05) is 39.7 Å². The molecule has 0 bridgehead atoms. The van der Waals surface area contributed by atoms with Gasteiger partial charge in [0.25, 0.3) is 0 Å². The highest BCUT2D eigenvalue weighted by atomic mass is 16.4. The fraction of sp³-hybridized carbons (Fsp3) is 0.667. The van der Waals surface area contributed by atoms with Crippen LogP contribution in [-0.2, 0) is 4.79 Å². The first kappa shape index (κ1) is 13.6. The molecule has 3 heteroatoms. The number of carboxylic acids is 1. The molecule has 0 spiro atoms. The molecular weight excluding hydrogens is 154 g/mol. The normalized spacial score (nSPS) is 10.1. The topological polar surface area (TPSA) is 63.3 Å². The Kier molecular flexibility index (Phi) is 11.3. The maximum atomic E-state index is 9.90. The van der Waals surface area contributed by atoms with Gasteiger partial charge in [0, 0.05) is 0 Å². The Labute approximate surface area is 74.3 Å². The molecular formula is C9H19NO2. The second kappa shape index (κ2) is 10.0. The fourth-order valence-corrected chi connectivity index (χ4v) is 0.307. The Morgan fingerprint density at radius 2 is 1.75 bits per heavy atom. The predicted octanol–water partition coefficient (Wildman–Crippen LogP) is 2.13. The van der Waals surface area contributed by atoms with Crippen molar-refractivity contribution in [3.05, 3.63) is 11.8 Å². The van der Waals surface area contributed by atoms with E-state index in [2.05, 4.69) is 13.8 Å². The summed E-state index contributed by atoms with van der Waals surface area (Å²) in [5.41, 5.74) is 4.91. The first-order valence-electron chi connectivity index (χ1n) is 4.28. The van der Waals surface area contributed by atoms with Gasteiger partial charge in [-0.15, -0.1) is 0 Å². The molecule has 0 aliphatic carbocycles. The van der Waals surface area contributed by atoms with Gasteiger partial charge in [0.1, 0.15) is 5.70 Å². The first-order chi connectivity index (χ1) is 5.59. The van der Waals surface area contributed by atoms with Gasteiger partial charge in [-0.3, -0.25) is 0 Å². The smallest absolute Gasteiger partial charge is 0.351 e. The van der Waals surface area contributed by atoms with Crippen LogP contribution in [0, 0.1) is 0 Å². The quantitative estimate of drug-likeness (QED) is 0.642. The summed E-state index contributed by atoms with van der Waals surface area (Å²) in [6.07, 6.45) is 4.76. The number of allylic oxidation sites excluding steroid dienone is 1. The monoisotopic (exact) mass is 173 g/mol. The summed E-state index contributed by atoms with van der Waals surface area (Å²) in [6.45, 7) is 6.19. The van der Waals surface area contributed by atoms with E-state index in [0.29, 0.717) is 6.42 Å². The van der Waals surface area contributed by atoms with Crippen molar-refractivity contribution >= 4 is 5.97 Å². The van der Waals surface area contributed by atoms with Crippen LogP contribution < -0.4 is 5.73 Å². The second-order valence-electron chi connectivity index (χ2n) is 2.37. The summed E-state index contributed by atoms with van der Waals surface area (Å²) >= 11 is 0. The molecule has 0 amide bonds. The molecule has 0 aromatic heterocycles. The van der Waals surface area contributed by atoms with Gasteiger partial charge in [0.2, 0.25) is 0 Å². The molecule has 0 rings (SSSR count). The third kappa shape index (κ3) is 11.8. The minimum Gasteiger partial charge on any atom is -0.477 e. The lowest BCUT2D eigenvalue weighted by molar-refractivity contribution is -0.132. The Morgan fingerprint density at radius 3 is 1.83 bits per heavy atom. The van der Waals surface area contributed by atoms with Crippen molar-refractivity contribution in [3.63, 3.8) is 0 Å². The molecule has 0 radical (unpaired) electrons. The molecule has 3 nitrogen and oxygen atoms in total. The third-order valence-corrected chi connectivity index (χ3v) is 1.17. The van der Waals surface area contributed by atoms with Crippen molar-refractivity contribution < 1.29 is 9.90 Å². The van der Waals surface area contributed by atoms with Gasteiger partial charge in [-0.2, -0.15) is 0 Å². The summed E-state index contributed by atoms with van der Waals surface area (Å²) in [5.74, 6) is -1.05. The molecule has 0 heterocycles. The van der Waals surface area contributed by atoms with Crippen molar-refractivity contribution in [1.82, 2.24) is 0 Å². The minimum atomic E-state index is -1.05. The molecule has 0 saturated heterocycles. The van der Waals surface area contributed by atoms with Crippen LogP contribution in [0.3, 0.4) is 0 Å². The number of carboxylic acid groups (broad SMARTS) is 1. The zero-order valence-electron chi connectivity index (χ0n) is 8.13. The molecule has 0 atom stereocenters. The average Bonchev–Trinajstić information content (AvgIpc) is 2.05. The van der Waals surface area contributed by atoms with Crippen LogP contribution >= 0.6 is 0 Å². The summed E-state index contributed by atoms with van der Waals surface area (Å²) in [4.78, 5) is 9.90. The van der Waals surface area contributed by atoms with E-state index in [0.717, 1.165) is 0 Å².